The number of carbonyl (C=O) groups excluding carboxylic acids is 1. The minimum Gasteiger partial charge on any atom is -0.453 e. The van der Waals surface area contributed by atoms with E-state index in [0.29, 0.717) is 5.82 Å². The van der Waals surface area contributed by atoms with E-state index in [9.17, 15) is 4.79 Å². The van der Waals surface area contributed by atoms with E-state index in [1.165, 1.54) is 7.11 Å². The van der Waals surface area contributed by atoms with Gasteiger partial charge in [0, 0.05) is 37.4 Å². The second-order valence-electron chi connectivity index (χ2n) is 4.40. The smallest absolute Gasteiger partial charge is 0.407 e. The predicted octanol–water partition coefficient (Wildman–Crippen LogP) is 0.594. The number of pyridine rings is 1. The van der Waals surface area contributed by atoms with Gasteiger partial charge >= 0.3 is 6.09 Å². The highest BCUT2D eigenvalue weighted by Crippen LogP contribution is 2.16. The number of nitrogens with one attached hydrogen (secondary N) is 1. The van der Waals surface area contributed by atoms with Gasteiger partial charge in [-0.1, -0.05) is 6.07 Å². The van der Waals surface area contributed by atoms with E-state index >= 15 is 0 Å². The summed E-state index contributed by atoms with van der Waals surface area (Å²) < 4.78 is 4.59. The summed E-state index contributed by atoms with van der Waals surface area (Å²) in [4.78, 5) is 17.4. The van der Waals surface area contributed by atoms with Crippen molar-refractivity contribution < 1.29 is 9.53 Å². The molecular formula is C12H18N4O2. The maximum Gasteiger partial charge on any atom is 0.407 e. The third-order valence-electron chi connectivity index (χ3n) is 3.10. The van der Waals surface area contributed by atoms with E-state index in [4.69, 9.17) is 5.73 Å². The molecule has 1 saturated heterocycles. The molecule has 1 fully saturated rings. The monoisotopic (exact) mass is 250 g/mol. The number of alkyl carbamates (subject to hydrolysis) is 1. The summed E-state index contributed by atoms with van der Waals surface area (Å²) in [6, 6.07) is 4.00. The van der Waals surface area contributed by atoms with Crippen molar-refractivity contribution in [3.05, 3.63) is 23.9 Å². The summed E-state index contributed by atoms with van der Waals surface area (Å²) in [5.41, 5.74) is 6.83. The summed E-state index contributed by atoms with van der Waals surface area (Å²) in [6.45, 7) is 2.51. The number of likely N-dealkylation sites (tertiary alicyclic amines) is 1. The van der Waals surface area contributed by atoms with Crippen LogP contribution in [0.1, 0.15) is 12.0 Å². The molecule has 6 nitrogen and oxygen atoms in total. The van der Waals surface area contributed by atoms with Gasteiger partial charge in [0.2, 0.25) is 0 Å². The first-order chi connectivity index (χ1) is 8.69. The van der Waals surface area contributed by atoms with Gasteiger partial charge in [-0.2, -0.15) is 0 Å². The van der Waals surface area contributed by atoms with Gasteiger partial charge in [0.15, 0.2) is 0 Å². The Morgan fingerprint density at radius 2 is 2.56 bits per heavy atom. The number of nitrogens with zero attached hydrogens (tertiary/aromatic N) is 2. The molecule has 1 aromatic heterocycles. The summed E-state index contributed by atoms with van der Waals surface area (Å²) >= 11 is 0. The molecule has 0 spiro atoms. The largest absolute Gasteiger partial charge is 0.453 e. The van der Waals surface area contributed by atoms with Crippen molar-refractivity contribution in [3.8, 4) is 0 Å². The fourth-order valence-electron chi connectivity index (χ4n) is 2.15. The van der Waals surface area contributed by atoms with E-state index in [2.05, 4.69) is 19.9 Å². The van der Waals surface area contributed by atoms with Crippen molar-refractivity contribution in [2.24, 2.45) is 0 Å². The number of nitrogen functional groups attached to an aromatic ring is 1. The Bertz CT molecular complexity index is 424. The van der Waals surface area contributed by atoms with Crippen molar-refractivity contribution in [2.75, 3.05) is 25.9 Å². The molecule has 1 atom stereocenters. The van der Waals surface area contributed by atoms with Crippen LogP contribution in [0, 0.1) is 0 Å². The highest BCUT2D eigenvalue weighted by atomic mass is 16.5. The number of rotatable bonds is 3. The Morgan fingerprint density at radius 1 is 1.72 bits per heavy atom. The molecule has 1 amide bonds. The van der Waals surface area contributed by atoms with E-state index in [1.54, 1.807) is 6.20 Å². The maximum atomic E-state index is 11.1. The average molecular weight is 250 g/mol. The molecule has 0 radical (unpaired) electrons. The lowest BCUT2D eigenvalue weighted by Crippen LogP contribution is -2.36. The van der Waals surface area contributed by atoms with Crippen LogP contribution in [0.5, 0.6) is 0 Å². The Hall–Kier alpha value is -1.82. The lowest BCUT2D eigenvalue weighted by atomic mass is 10.2. The minimum absolute atomic E-state index is 0.148. The minimum atomic E-state index is -0.372. The molecule has 0 aliphatic carbocycles. The highest BCUT2D eigenvalue weighted by Gasteiger charge is 2.24. The lowest BCUT2D eigenvalue weighted by molar-refractivity contribution is 0.166. The molecule has 2 rings (SSSR count). The standard InChI is InChI=1S/C12H18N4O2/c1-18-12(17)15-10-4-6-16(8-10)7-9-3-2-5-14-11(9)13/h2-3,5,10H,4,6-8H2,1H3,(H2,13,14)(H,15,17). The fourth-order valence-corrected chi connectivity index (χ4v) is 2.15. The SMILES string of the molecule is COC(=O)NC1CCN(Cc2cccnc2N)C1. The Kier molecular flexibility index (Phi) is 3.99. The molecule has 2 heterocycles. The Balaban J connectivity index is 1.86. The van der Waals surface area contributed by atoms with Crippen LogP contribution in [-0.4, -0.2) is 42.2 Å². The fraction of sp³-hybridized carbons (Fsp3) is 0.500. The number of amides is 1. The average Bonchev–Trinajstić information content (AvgIpc) is 2.79. The van der Waals surface area contributed by atoms with Gasteiger partial charge in [0.25, 0.3) is 0 Å². The second kappa shape index (κ2) is 5.68. The van der Waals surface area contributed by atoms with Crippen LogP contribution in [0.15, 0.2) is 18.3 Å². The molecule has 1 aliphatic rings. The van der Waals surface area contributed by atoms with Gasteiger partial charge in [-0.15, -0.1) is 0 Å². The van der Waals surface area contributed by atoms with Crippen LogP contribution in [0.4, 0.5) is 10.6 Å². The molecule has 1 aliphatic heterocycles. The summed E-state index contributed by atoms with van der Waals surface area (Å²) in [5.74, 6) is 0.571. The van der Waals surface area contributed by atoms with Crippen molar-refractivity contribution in [2.45, 2.75) is 19.0 Å². The molecule has 0 bridgehead atoms. The lowest BCUT2D eigenvalue weighted by Gasteiger charge is -2.17. The van der Waals surface area contributed by atoms with E-state index in [1.807, 2.05) is 12.1 Å². The van der Waals surface area contributed by atoms with Gasteiger partial charge in [-0.25, -0.2) is 9.78 Å². The van der Waals surface area contributed by atoms with Crippen molar-refractivity contribution >= 4 is 11.9 Å². The van der Waals surface area contributed by atoms with Crippen LogP contribution in [-0.2, 0) is 11.3 Å². The molecule has 0 aromatic carbocycles. The molecule has 3 N–H and O–H groups in total. The molecule has 6 heteroatoms. The van der Waals surface area contributed by atoms with Gasteiger partial charge in [0.1, 0.15) is 5.82 Å². The summed E-state index contributed by atoms with van der Waals surface area (Å²) in [5, 5.41) is 2.81. The van der Waals surface area contributed by atoms with Crippen LogP contribution >= 0.6 is 0 Å². The van der Waals surface area contributed by atoms with Gasteiger partial charge in [-0.3, -0.25) is 4.90 Å². The normalized spacial score (nSPS) is 19.7. The number of hydrogen-bond acceptors (Lipinski definition) is 5. The molecular weight excluding hydrogens is 232 g/mol. The number of nitrogens with two attached hydrogens (primary N) is 1. The van der Waals surface area contributed by atoms with Gasteiger partial charge in [0.05, 0.1) is 7.11 Å². The van der Waals surface area contributed by atoms with Crippen LogP contribution in [0.2, 0.25) is 0 Å². The van der Waals surface area contributed by atoms with E-state index in [-0.39, 0.29) is 12.1 Å². The van der Waals surface area contributed by atoms with Crippen molar-refractivity contribution in [3.63, 3.8) is 0 Å². The first kappa shape index (κ1) is 12.6. The number of hydrogen-bond donors (Lipinski definition) is 2. The van der Waals surface area contributed by atoms with Crippen LogP contribution in [0.25, 0.3) is 0 Å². The van der Waals surface area contributed by atoms with Gasteiger partial charge in [-0.05, 0) is 12.5 Å². The number of aromatic nitrogens is 1. The second-order valence-corrected chi connectivity index (χ2v) is 4.40. The topological polar surface area (TPSA) is 80.5 Å². The zero-order valence-electron chi connectivity index (χ0n) is 10.4. The number of methoxy groups -OCH3 is 1. The molecule has 1 aromatic rings. The first-order valence-electron chi connectivity index (χ1n) is 5.95. The van der Waals surface area contributed by atoms with Gasteiger partial charge < -0.3 is 15.8 Å². The molecule has 0 saturated carbocycles. The summed E-state index contributed by atoms with van der Waals surface area (Å²) in [7, 11) is 1.37. The van der Waals surface area contributed by atoms with Crippen LogP contribution < -0.4 is 11.1 Å². The summed E-state index contributed by atoms with van der Waals surface area (Å²) in [6.07, 6.45) is 2.24. The number of anilines is 1. The molecule has 1 unspecified atom stereocenters. The zero-order chi connectivity index (χ0) is 13.0. The zero-order valence-corrected chi connectivity index (χ0v) is 10.4. The Morgan fingerprint density at radius 3 is 3.28 bits per heavy atom. The predicted molar refractivity (Wildman–Crippen MR) is 67.9 cm³/mol. The number of ether oxygens (including phenoxy) is 1. The third-order valence-corrected chi connectivity index (χ3v) is 3.10. The van der Waals surface area contributed by atoms with Crippen LogP contribution in [0.3, 0.4) is 0 Å². The van der Waals surface area contributed by atoms with Crippen molar-refractivity contribution in [1.29, 1.82) is 0 Å². The quantitative estimate of drug-likeness (QED) is 0.821. The Labute approximate surface area is 106 Å². The van der Waals surface area contributed by atoms with Crippen molar-refractivity contribution in [1.82, 2.24) is 15.2 Å². The molecule has 18 heavy (non-hydrogen) atoms. The first-order valence-corrected chi connectivity index (χ1v) is 5.95. The number of carbonyl (C=O) groups is 1. The van der Waals surface area contributed by atoms with E-state index < -0.39 is 0 Å². The van der Waals surface area contributed by atoms with E-state index in [0.717, 1.165) is 31.6 Å². The highest BCUT2D eigenvalue weighted by molar-refractivity contribution is 5.67. The molecule has 98 valence electrons. The third kappa shape index (κ3) is 3.10. The maximum absolute atomic E-state index is 11.1.